The van der Waals surface area contributed by atoms with Gasteiger partial charge >= 0.3 is 0 Å². The van der Waals surface area contributed by atoms with Gasteiger partial charge in [0.1, 0.15) is 10.0 Å². The van der Waals surface area contributed by atoms with E-state index in [9.17, 15) is 8.42 Å². The minimum absolute atomic E-state index is 0.111. The first-order chi connectivity index (χ1) is 10.6. The van der Waals surface area contributed by atoms with Crippen LogP contribution < -0.4 is 0 Å². The number of aromatic amines is 1. The number of nitrogens with zero attached hydrogens (tertiary/aromatic N) is 4. The first-order valence-corrected chi connectivity index (χ1v) is 8.36. The van der Waals surface area contributed by atoms with Gasteiger partial charge in [0.25, 0.3) is 0 Å². The molecule has 1 heterocycles. The summed E-state index contributed by atoms with van der Waals surface area (Å²) in [5, 5.41) is 13.5. The van der Waals surface area contributed by atoms with Gasteiger partial charge in [-0.05, 0) is 33.3 Å². The summed E-state index contributed by atoms with van der Waals surface area (Å²) in [5.74, 6) is 0.371. The van der Waals surface area contributed by atoms with E-state index in [1.165, 1.54) is 6.07 Å². The second kappa shape index (κ2) is 5.85. The number of nitrogens with one attached hydrogen (secondary N) is 1. The smallest absolute Gasteiger partial charge is 0.204 e. The average molecular weight is 379 g/mol. The van der Waals surface area contributed by atoms with Gasteiger partial charge < -0.3 is 4.72 Å². The quantitative estimate of drug-likeness (QED) is 0.751. The number of sulfonamides is 1. The topological polar surface area (TPSA) is 103 Å². The Bertz CT molecular complexity index is 896. The van der Waals surface area contributed by atoms with Gasteiger partial charge in [0.15, 0.2) is 0 Å². The zero-order valence-corrected chi connectivity index (χ0v) is 13.4. The first kappa shape index (κ1) is 14.7. The molecule has 0 amide bonds. The van der Waals surface area contributed by atoms with Crippen molar-refractivity contribution in [2.24, 2.45) is 0 Å². The van der Waals surface area contributed by atoms with Gasteiger partial charge in [-0.3, -0.25) is 0 Å². The molecule has 0 saturated carbocycles. The predicted octanol–water partition coefficient (Wildman–Crippen LogP) is 3.02. The number of hydrogen-bond acceptors (Lipinski definition) is 5. The largest absolute Gasteiger partial charge is 0.573 e. The van der Waals surface area contributed by atoms with E-state index in [2.05, 4.69) is 41.3 Å². The Kier molecular flexibility index (Phi) is 3.90. The van der Waals surface area contributed by atoms with Gasteiger partial charge in [0, 0.05) is 10.0 Å². The molecular formula is C13H9BrN5O2S-. The molecule has 0 aliphatic heterocycles. The lowest BCUT2D eigenvalue weighted by Crippen LogP contribution is -1.98. The Labute approximate surface area is 134 Å². The fraction of sp³-hybridized carbons (Fsp3) is 0. The summed E-state index contributed by atoms with van der Waals surface area (Å²) in [6.07, 6.45) is 0. The van der Waals surface area contributed by atoms with Crippen molar-refractivity contribution in [2.45, 2.75) is 4.90 Å². The second-order valence-electron chi connectivity index (χ2n) is 4.28. The van der Waals surface area contributed by atoms with Gasteiger partial charge in [-0.1, -0.05) is 36.4 Å². The van der Waals surface area contributed by atoms with E-state index in [1.54, 1.807) is 42.5 Å². The molecule has 1 aromatic heterocycles. The molecule has 0 aliphatic rings. The summed E-state index contributed by atoms with van der Waals surface area (Å²) in [5.41, 5.74) is 0.912. The van der Waals surface area contributed by atoms with Crippen LogP contribution in [0.25, 0.3) is 16.1 Å². The van der Waals surface area contributed by atoms with E-state index in [4.69, 9.17) is 0 Å². The van der Waals surface area contributed by atoms with Crippen molar-refractivity contribution < 1.29 is 8.42 Å². The number of hydrogen-bond donors (Lipinski definition) is 1. The molecule has 0 bridgehead atoms. The Balaban J connectivity index is 1.93. The van der Waals surface area contributed by atoms with Crippen LogP contribution in [0, 0.1) is 0 Å². The molecule has 3 rings (SSSR count). The monoisotopic (exact) mass is 378 g/mol. The van der Waals surface area contributed by atoms with Crippen LogP contribution in [0.1, 0.15) is 0 Å². The van der Waals surface area contributed by atoms with Crippen LogP contribution in [0.15, 0.2) is 57.9 Å². The highest BCUT2D eigenvalue weighted by Gasteiger charge is 2.09. The van der Waals surface area contributed by atoms with Crippen molar-refractivity contribution in [3.05, 3.63) is 57.7 Å². The van der Waals surface area contributed by atoms with Crippen molar-refractivity contribution in [2.75, 3.05) is 0 Å². The van der Waals surface area contributed by atoms with Crippen LogP contribution in [0.4, 0.5) is 5.69 Å². The Hall–Kier alpha value is -2.26. The van der Waals surface area contributed by atoms with E-state index >= 15 is 0 Å². The number of rotatable bonds is 4. The van der Waals surface area contributed by atoms with Gasteiger partial charge in [-0.15, -0.1) is 15.9 Å². The van der Waals surface area contributed by atoms with Crippen LogP contribution in [0.2, 0.25) is 0 Å². The molecule has 9 heteroatoms. The van der Waals surface area contributed by atoms with Crippen molar-refractivity contribution in [3.8, 4) is 11.4 Å². The highest BCUT2D eigenvalue weighted by molar-refractivity contribution is 9.10. The molecule has 0 saturated heterocycles. The maximum atomic E-state index is 12.4. The average Bonchev–Trinajstić information content (AvgIpc) is 3.01. The third-order valence-corrected chi connectivity index (χ3v) is 5.11. The van der Waals surface area contributed by atoms with Crippen LogP contribution in [-0.2, 0) is 10.0 Å². The summed E-state index contributed by atoms with van der Waals surface area (Å²) in [6, 6.07) is 13.1. The van der Waals surface area contributed by atoms with Gasteiger partial charge in [0.05, 0.1) is 4.90 Å². The van der Waals surface area contributed by atoms with Crippen LogP contribution in [0.5, 0.6) is 0 Å². The minimum Gasteiger partial charge on any atom is -0.573 e. The molecule has 7 nitrogen and oxygen atoms in total. The molecule has 1 N–H and O–H groups in total. The molecule has 0 fully saturated rings. The summed E-state index contributed by atoms with van der Waals surface area (Å²) in [6.45, 7) is 0. The summed E-state index contributed by atoms with van der Waals surface area (Å²) in [7, 11) is -3.82. The molecule has 2 aromatic carbocycles. The lowest BCUT2D eigenvalue weighted by atomic mass is 10.2. The fourth-order valence-corrected chi connectivity index (χ4v) is 3.78. The molecule has 3 aromatic rings. The Morgan fingerprint density at radius 3 is 2.64 bits per heavy atom. The van der Waals surface area contributed by atoms with E-state index in [-0.39, 0.29) is 10.6 Å². The van der Waals surface area contributed by atoms with E-state index in [1.807, 2.05) is 0 Å². The zero-order chi connectivity index (χ0) is 15.6. The van der Waals surface area contributed by atoms with Crippen LogP contribution >= 0.6 is 15.9 Å². The molecule has 0 atom stereocenters. The fourth-order valence-electron chi connectivity index (χ4n) is 1.83. The van der Waals surface area contributed by atoms with Crippen molar-refractivity contribution >= 4 is 31.6 Å². The Morgan fingerprint density at radius 1 is 1.09 bits per heavy atom. The molecule has 0 radical (unpaired) electrons. The third kappa shape index (κ3) is 3.00. The molecular weight excluding hydrogens is 370 g/mol. The highest BCUT2D eigenvalue weighted by Crippen LogP contribution is 2.33. The lowest BCUT2D eigenvalue weighted by molar-refractivity contribution is 0.603. The second-order valence-corrected chi connectivity index (χ2v) is 6.71. The van der Waals surface area contributed by atoms with E-state index in [0.717, 1.165) is 0 Å². The van der Waals surface area contributed by atoms with Crippen molar-refractivity contribution in [1.82, 2.24) is 20.6 Å². The Morgan fingerprint density at radius 2 is 1.91 bits per heavy atom. The van der Waals surface area contributed by atoms with E-state index in [0.29, 0.717) is 15.9 Å². The molecule has 0 unspecified atom stereocenters. The molecule has 0 aliphatic carbocycles. The van der Waals surface area contributed by atoms with Gasteiger partial charge in [0.2, 0.25) is 5.82 Å². The summed E-state index contributed by atoms with van der Waals surface area (Å²) < 4.78 is 29.1. The lowest BCUT2D eigenvalue weighted by Gasteiger charge is -2.22. The van der Waals surface area contributed by atoms with Crippen molar-refractivity contribution in [3.63, 3.8) is 0 Å². The maximum absolute atomic E-state index is 12.4. The van der Waals surface area contributed by atoms with Crippen LogP contribution in [0.3, 0.4) is 0 Å². The number of benzene rings is 2. The minimum atomic E-state index is -3.82. The van der Waals surface area contributed by atoms with Gasteiger partial charge in [-0.2, -0.15) is 5.21 Å². The number of halogens is 1. The first-order valence-electron chi connectivity index (χ1n) is 6.13. The third-order valence-electron chi connectivity index (χ3n) is 2.79. The SMILES string of the molecule is O=S(=O)([N-]c1cccc(-c2nn[nH]n2)c1)c1ccccc1Br. The van der Waals surface area contributed by atoms with Gasteiger partial charge in [-0.25, -0.2) is 8.42 Å². The summed E-state index contributed by atoms with van der Waals surface area (Å²) in [4.78, 5) is 0.111. The van der Waals surface area contributed by atoms with Crippen molar-refractivity contribution in [1.29, 1.82) is 0 Å². The summed E-state index contributed by atoms with van der Waals surface area (Å²) >= 11 is 3.22. The molecule has 112 valence electrons. The standard InChI is InChI=1S/C13H9BrN5O2S/c14-11-6-1-2-7-12(11)22(20,21)17-10-5-3-4-9(8-10)13-15-18-19-16-13/h1-8H,(H,15,16,18,19)/q-1. The molecule has 0 spiro atoms. The van der Waals surface area contributed by atoms with Crippen LogP contribution in [-0.4, -0.2) is 29.0 Å². The highest BCUT2D eigenvalue weighted by atomic mass is 79.9. The maximum Gasteiger partial charge on any atom is 0.204 e. The number of tetrazole rings is 1. The van der Waals surface area contributed by atoms with E-state index < -0.39 is 10.0 Å². The number of aromatic nitrogens is 4. The molecule has 22 heavy (non-hydrogen) atoms. The number of H-pyrrole nitrogens is 1. The normalized spacial score (nSPS) is 11.3. The predicted molar refractivity (Wildman–Crippen MR) is 84.0 cm³/mol. The zero-order valence-electron chi connectivity index (χ0n) is 11.0.